The van der Waals surface area contributed by atoms with Gasteiger partial charge in [0.1, 0.15) is 12.5 Å². The van der Waals surface area contributed by atoms with Crippen molar-refractivity contribution in [2.24, 2.45) is 0 Å². The molecule has 1 heterocycles. The molecule has 0 aliphatic carbocycles. The average molecular weight is 175 g/mol. The van der Waals surface area contributed by atoms with Crippen molar-refractivity contribution in [1.82, 2.24) is 0 Å². The molecule has 0 radical (unpaired) electrons. The van der Waals surface area contributed by atoms with Crippen LogP contribution in [0.5, 0.6) is 0 Å². The topological polar surface area (TPSA) is 30.2 Å². The summed E-state index contributed by atoms with van der Waals surface area (Å²) >= 11 is 3.10. The molecule has 42 valence electrons. The second kappa shape index (κ2) is 2.13. The van der Waals surface area contributed by atoms with Crippen LogP contribution in [0.4, 0.5) is 0 Å². The number of aldehydes is 1. The molecular formula is C5H3BrO2. The molecule has 8 heavy (non-hydrogen) atoms. The summed E-state index contributed by atoms with van der Waals surface area (Å²) in [5.74, 6) is 0. The Bertz CT molecular complexity index is 192. The van der Waals surface area contributed by atoms with Crippen LogP contribution in [0.3, 0.4) is 0 Å². The lowest BCUT2D eigenvalue weighted by Crippen LogP contribution is -1.69. The van der Waals surface area contributed by atoms with Crippen molar-refractivity contribution in [2.75, 3.05) is 0 Å². The second-order valence-electron chi connectivity index (χ2n) is 1.29. The Balaban J connectivity index is 3.09. The van der Waals surface area contributed by atoms with Crippen molar-refractivity contribution in [3.05, 3.63) is 22.6 Å². The predicted octanol–water partition coefficient (Wildman–Crippen LogP) is 1.85. The van der Waals surface area contributed by atoms with E-state index in [1.807, 2.05) is 0 Å². The van der Waals surface area contributed by atoms with Gasteiger partial charge in [0.15, 0.2) is 6.29 Å². The maximum Gasteiger partial charge on any atom is 0.154 e. The number of halogens is 1. The van der Waals surface area contributed by atoms with Crippen LogP contribution in [-0.4, -0.2) is 6.29 Å². The van der Waals surface area contributed by atoms with Gasteiger partial charge in [-0.05, 0) is 15.9 Å². The van der Waals surface area contributed by atoms with Gasteiger partial charge >= 0.3 is 0 Å². The van der Waals surface area contributed by atoms with Crippen LogP contribution in [0.25, 0.3) is 0 Å². The summed E-state index contributed by atoms with van der Waals surface area (Å²) < 4.78 is 5.36. The fourth-order valence-corrected chi connectivity index (χ4v) is 0.670. The van der Waals surface area contributed by atoms with E-state index in [2.05, 4.69) is 20.3 Å². The fraction of sp³-hybridized carbons (Fsp3) is 0. The van der Waals surface area contributed by atoms with Crippen molar-refractivity contribution in [2.45, 2.75) is 0 Å². The molecule has 1 rings (SSSR count). The predicted molar refractivity (Wildman–Crippen MR) is 31.8 cm³/mol. The largest absolute Gasteiger partial charge is 0.471 e. The summed E-state index contributed by atoms with van der Waals surface area (Å²) in [4.78, 5) is 10.00. The quantitative estimate of drug-likeness (QED) is 0.609. The lowest BCUT2D eigenvalue weighted by Gasteiger charge is -1.73. The van der Waals surface area contributed by atoms with Gasteiger partial charge in [-0.3, -0.25) is 4.79 Å². The van der Waals surface area contributed by atoms with Gasteiger partial charge in [-0.2, -0.15) is 0 Å². The van der Waals surface area contributed by atoms with E-state index < -0.39 is 0 Å². The molecule has 0 amide bonds. The van der Waals surface area contributed by atoms with E-state index in [1.54, 1.807) is 0 Å². The monoisotopic (exact) mass is 174 g/mol. The van der Waals surface area contributed by atoms with Crippen LogP contribution in [-0.2, 0) is 0 Å². The molecule has 2 nitrogen and oxygen atoms in total. The molecule has 0 atom stereocenters. The average Bonchev–Trinajstić information content (AvgIpc) is 2.14. The molecule has 0 bridgehead atoms. The number of rotatable bonds is 1. The minimum Gasteiger partial charge on any atom is -0.471 e. The van der Waals surface area contributed by atoms with Gasteiger partial charge in [-0.25, -0.2) is 0 Å². The van der Waals surface area contributed by atoms with Crippen LogP contribution in [0, 0.1) is 0 Å². The summed E-state index contributed by atoms with van der Waals surface area (Å²) in [5, 5.41) is 0. The summed E-state index contributed by atoms with van der Waals surface area (Å²) in [6, 6.07) is 0. The van der Waals surface area contributed by atoms with E-state index in [0.29, 0.717) is 10.0 Å². The van der Waals surface area contributed by atoms with Crippen molar-refractivity contribution in [3.63, 3.8) is 0 Å². The zero-order chi connectivity index (χ0) is 5.98. The minimum absolute atomic E-state index is 0.546. The lowest BCUT2D eigenvalue weighted by molar-refractivity contribution is 0.112. The molecule has 0 aliphatic heterocycles. The summed E-state index contributed by atoms with van der Waals surface area (Å²) in [6.45, 7) is 0. The Morgan fingerprint density at radius 1 is 1.62 bits per heavy atom. The smallest absolute Gasteiger partial charge is 0.154 e. The van der Waals surface area contributed by atoms with Gasteiger partial charge < -0.3 is 4.42 Å². The highest BCUT2D eigenvalue weighted by Crippen LogP contribution is 2.14. The lowest BCUT2D eigenvalue weighted by atomic mass is 10.4. The fourth-order valence-electron chi connectivity index (χ4n) is 0.375. The standard InChI is InChI=1S/C5H3BrO2/c6-5-3-8-2-4(5)1-7/h1-3H. The Morgan fingerprint density at radius 3 is 2.62 bits per heavy atom. The molecule has 0 N–H and O–H groups in total. The highest BCUT2D eigenvalue weighted by atomic mass is 79.9. The van der Waals surface area contributed by atoms with Gasteiger partial charge in [0.05, 0.1) is 10.0 Å². The van der Waals surface area contributed by atoms with Crippen LogP contribution < -0.4 is 0 Å². The number of hydrogen-bond donors (Lipinski definition) is 0. The van der Waals surface area contributed by atoms with Gasteiger partial charge in [0.2, 0.25) is 0 Å². The molecule has 0 aliphatic rings. The first-order valence-corrected chi connectivity index (χ1v) is 2.81. The van der Waals surface area contributed by atoms with E-state index in [0.717, 1.165) is 6.29 Å². The molecular weight excluding hydrogens is 172 g/mol. The third-order valence-corrected chi connectivity index (χ3v) is 1.41. The zero-order valence-corrected chi connectivity index (χ0v) is 5.51. The van der Waals surface area contributed by atoms with Crippen LogP contribution in [0.1, 0.15) is 10.4 Å². The normalized spacial score (nSPS) is 9.12. The number of furan rings is 1. The molecule has 1 aromatic heterocycles. The Morgan fingerprint density at radius 2 is 2.38 bits per heavy atom. The highest BCUT2D eigenvalue weighted by molar-refractivity contribution is 9.10. The van der Waals surface area contributed by atoms with E-state index in [-0.39, 0.29) is 0 Å². The van der Waals surface area contributed by atoms with Crippen LogP contribution in [0.15, 0.2) is 21.4 Å². The Kier molecular flexibility index (Phi) is 1.48. The SMILES string of the molecule is O=Cc1cocc1Br. The summed E-state index contributed by atoms with van der Waals surface area (Å²) in [6.07, 6.45) is 3.58. The molecule has 0 fully saturated rings. The Hall–Kier alpha value is -0.570. The first kappa shape index (κ1) is 5.56. The van der Waals surface area contributed by atoms with Crippen molar-refractivity contribution < 1.29 is 9.21 Å². The van der Waals surface area contributed by atoms with Crippen molar-refractivity contribution >= 4 is 22.2 Å². The summed E-state index contributed by atoms with van der Waals surface area (Å²) in [7, 11) is 0. The molecule has 0 aromatic carbocycles. The Labute approximate surface area is 54.6 Å². The zero-order valence-electron chi connectivity index (χ0n) is 3.93. The highest BCUT2D eigenvalue weighted by Gasteiger charge is 1.96. The van der Waals surface area contributed by atoms with Crippen LogP contribution in [0.2, 0.25) is 0 Å². The third kappa shape index (κ3) is 0.816. The molecule has 1 aromatic rings. The number of hydrogen-bond acceptors (Lipinski definition) is 2. The van der Waals surface area contributed by atoms with Gasteiger partial charge in [-0.1, -0.05) is 0 Å². The van der Waals surface area contributed by atoms with E-state index in [1.165, 1.54) is 12.5 Å². The van der Waals surface area contributed by atoms with Gasteiger partial charge in [-0.15, -0.1) is 0 Å². The maximum absolute atomic E-state index is 10.00. The van der Waals surface area contributed by atoms with E-state index in [4.69, 9.17) is 0 Å². The molecule has 0 spiro atoms. The number of carbonyl (C=O) groups is 1. The van der Waals surface area contributed by atoms with Gasteiger partial charge in [0, 0.05) is 0 Å². The second-order valence-corrected chi connectivity index (χ2v) is 2.15. The first-order chi connectivity index (χ1) is 3.84. The first-order valence-electron chi connectivity index (χ1n) is 2.01. The van der Waals surface area contributed by atoms with Crippen molar-refractivity contribution in [3.8, 4) is 0 Å². The van der Waals surface area contributed by atoms with E-state index >= 15 is 0 Å². The third-order valence-electron chi connectivity index (χ3n) is 0.769. The van der Waals surface area contributed by atoms with Crippen LogP contribution >= 0.6 is 15.9 Å². The summed E-state index contributed by atoms with van der Waals surface area (Å²) in [5.41, 5.74) is 0.546. The molecule has 0 unspecified atom stereocenters. The minimum atomic E-state index is 0.546. The van der Waals surface area contributed by atoms with Gasteiger partial charge in [0.25, 0.3) is 0 Å². The number of carbonyl (C=O) groups excluding carboxylic acids is 1. The maximum atomic E-state index is 10.00. The molecule has 0 saturated carbocycles. The molecule has 3 heteroatoms. The molecule has 0 saturated heterocycles. The van der Waals surface area contributed by atoms with Crippen molar-refractivity contribution in [1.29, 1.82) is 0 Å². The van der Waals surface area contributed by atoms with E-state index in [9.17, 15) is 4.79 Å².